The van der Waals surface area contributed by atoms with Crippen molar-refractivity contribution in [3.05, 3.63) is 41.7 Å². The van der Waals surface area contributed by atoms with E-state index < -0.39 is 0 Å². The summed E-state index contributed by atoms with van der Waals surface area (Å²) in [5.41, 5.74) is 0.976. The zero-order valence-corrected chi connectivity index (χ0v) is 13.3. The number of hydrogen-bond donors (Lipinski definition) is 1. The third kappa shape index (κ3) is 4.90. The number of benzene rings is 1. The minimum absolute atomic E-state index is 0.0298. The summed E-state index contributed by atoms with van der Waals surface area (Å²) in [6.07, 6.45) is 7.19. The highest BCUT2D eigenvalue weighted by molar-refractivity contribution is 5.48. The van der Waals surface area contributed by atoms with Gasteiger partial charge in [-0.05, 0) is 43.5 Å². The molecule has 1 aliphatic rings. The van der Waals surface area contributed by atoms with Gasteiger partial charge in [0.15, 0.2) is 0 Å². The van der Waals surface area contributed by atoms with Crippen molar-refractivity contribution in [2.75, 3.05) is 40.0 Å². The normalized spacial score (nSPS) is 23.2. The number of nitrogens with zero attached hydrogens (tertiary/aromatic N) is 1. The smallest absolute Gasteiger partial charge is 0.123 e. The summed E-state index contributed by atoms with van der Waals surface area (Å²) in [5, 5.41) is 9.78. The third-order valence-corrected chi connectivity index (χ3v) is 4.46. The van der Waals surface area contributed by atoms with Crippen molar-refractivity contribution in [1.82, 2.24) is 4.90 Å². The molecule has 22 heavy (non-hydrogen) atoms. The lowest BCUT2D eigenvalue weighted by Gasteiger charge is -2.41. The number of ether oxygens (including phenoxy) is 1. The summed E-state index contributed by atoms with van der Waals surface area (Å²) in [6.45, 7) is 3.73. The first-order chi connectivity index (χ1) is 10.7. The summed E-state index contributed by atoms with van der Waals surface area (Å²) in [4.78, 5) is 2.37. The highest BCUT2D eigenvalue weighted by atomic mass is 19.1. The minimum Gasteiger partial charge on any atom is -0.396 e. The Balaban J connectivity index is 1.88. The van der Waals surface area contributed by atoms with Crippen LogP contribution < -0.4 is 0 Å². The fraction of sp³-hybridized carbons (Fsp3) is 0.556. The monoisotopic (exact) mass is 307 g/mol. The lowest BCUT2D eigenvalue weighted by atomic mass is 9.78. The van der Waals surface area contributed by atoms with Gasteiger partial charge in [-0.15, -0.1) is 0 Å². The van der Waals surface area contributed by atoms with E-state index in [1.165, 1.54) is 12.1 Å². The van der Waals surface area contributed by atoms with Crippen LogP contribution in [0.25, 0.3) is 6.08 Å². The van der Waals surface area contributed by atoms with Crippen LogP contribution in [0.2, 0.25) is 0 Å². The molecule has 0 aromatic heterocycles. The number of likely N-dealkylation sites (tertiary alicyclic amines) is 1. The van der Waals surface area contributed by atoms with Gasteiger partial charge in [0.25, 0.3) is 0 Å². The second-order valence-corrected chi connectivity index (χ2v) is 6.19. The number of aliphatic hydroxyl groups excluding tert-OH is 1. The minimum atomic E-state index is -0.209. The molecule has 1 aromatic carbocycles. The average Bonchev–Trinajstić information content (AvgIpc) is 2.55. The number of methoxy groups -OCH3 is 1. The van der Waals surface area contributed by atoms with Gasteiger partial charge in [-0.1, -0.05) is 24.3 Å². The maximum Gasteiger partial charge on any atom is 0.123 e. The van der Waals surface area contributed by atoms with Crippen molar-refractivity contribution in [2.45, 2.75) is 19.3 Å². The number of halogens is 1. The molecule has 0 spiro atoms. The van der Waals surface area contributed by atoms with E-state index in [1.54, 1.807) is 19.2 Å². The highest BCUT2D eigenvalue weighted by Gasteiger charge is 2.34. The van der Waals surface area contributed by atoms with Crippen molar-refractivity contribution in [3.8, 4) is 0 Å². The van der Waals surface area contributed by atoms with Crippen molar-refractivity contribution >= 4 is 6.08 Å². The van der Waals surface area contributed by atoms with Gasteiger partial charge in [-0.2, -0.15) is 0 Å². The van der Waals surface area contributed by atoms with Gasteiger partial charge in [0.1, 0.15) is 5.82 Å². The van der Waals surface area contributed by atoms with E-state index in [0.29, 0.717) is 6.61 Å². The SMILES string of the molecule is COCCC1(CO)CCCN(C/C=C/c2ccc(F)cc2)C1. The number of rotatable bonds is 7. The lowest BCUT2D eigenvalue weighted by molar-refractivity contribution is 0.0115. The Bertz CT molecular complexity index is 474. The van der Waals surface area contributed by atoms with Gasteiger partial charge in [0, 0.05) is 32.2 Å². The van der Waals surface area contributed by atoms with Crippen molar-refractivity contribution in [3.63, 3.8) is 0 Å². The Kier molecular flexibility index (Phi) is 6.55. The van der Waals surface area contributed by atoms with Gasteiger partial charge in [0.2, 0.25) is 0 Å². The quantitative estimate of drug-likeness (QED) is 0.840. The molecule has 1 atom stereocenters. The Labute approximate surface area is 132 Å². The van der Waals surface area contributed by atoms with Crippen molar-refractivity contribution in [1.29, 1.82) is 0 Å². The van der Waals surface area contributed by atoms with Crippen molar-refractivity contribution < 1.29 is 14.2 Å². The topological polar surface area (TPSA) is 32.7 Å². The van der Waals surface area contributed by atoms with E-state index in [9.17, 15) is 9.50 Å². The van der Waals surface area contributed by atoms with Crippen molar-refractivity contribution in [2.24, 2.45) is 5.41 Å². The number of hydrogen-bond acceptors (Lipinski definition) is 3. The van der Waals surface area contributed by atoms with Crippen LogP contribution in [0.1, 0.15) is 24.8 Å². The fourth-order valence-corrected chi connectivity index (χ4v) is 3.11. The maximum absolute atomic E-state index is 12.9. The molecule has 1 unspecified atom stereocenters. The molecule has 1 saturated heterocycles. The van der Waals surface area contributed by atoms with E-state index >= 15 is 0 Å². The zero-order chi connectivity index (χ0) is 15.8. The summed E-state index contributed by atoms with van der Waals surface area (Å²) in [5.74, 6) is -0.209. The van der Waals surface area contributed by atoms with Crippen LogP contribution in [-0.4, -0.2) is 50.0 Å². The molecule has 1 fully saturated rings. The molecular weight excluding hydrogens is 281 g/mol. The molecule has 0 amide bonds. The van der Waals surface area contributed by atoms with Crippen LogP contribution in [0.4, 0.5) is 4.39 Å². The molecular formula is C18H26FNO2. The van der Waals surface area contributed by atoms with Gasteiger partial charge in [-0.3, -0.25) is 4.90 Å². The predicted molar refractivity (Wildman–Crippen MR) is 87.1 cm³/mol. The first kappa shape index (κ1) is 17.1. The number of piperidine rings is 1. The molecule has 122 valence electrons. The van der Waals surface area contributed by atoms with Crippen LogP contribution in [0.15, 0.2) is 30.3 Å². The predicted octanol–water partition coefficient (Wildman–Crippen LogP) is 2.95. The van der Waals surface area contributed by atoms with E-state index in [2.05, 4.69) is 11.0 Å². The Morgan fingerprint density at radius 1 is 1.36 bits per heavy atom. The Morgan fingerprint density at radius 2 is 2.14 bits per heavy atom. The van der Waals surface area contributed by atoms with E-state index in [1.807, 2.05) is 6.08 Å². The average molecular weight is 307 g/mol. The highest BCUT2D eigenvalue weighted by Crippen LogP contribution is 2.33. The molecule has 1 N–H and O–H groups in total. The number of aliphatic hydroxyl groups is 1. The molecule has 0 saturated carbocycles. The molecule has 4 heteroatoms. The molecule has 1 heterocycles. The first-order valence-electron chi connectivity index (χ1n) is 7.92. The van der Waals surface area contributed by atoms with Crippen LogP contribution in [0, 0.1) is 11.2 Å². The fourth-order valence-electron chi connectivity index (χ4n) is 3.11. The standard InChI is InChI=1S/C18H26FNO2/c1-22-13-10-18(15-21)9-3-12-20(14-18)11-2-4-16-5-7-17(19)8-6-16/h2,4-8,21H,3,9-15H2,1H3/b4-2+. The van der Waals surface area contributed by atoms with Crippen LogP contribution >= 0.6 is 0 Å². The zero-order valence-electron chi connectivity index (χ0n) is 13.3. The second kappa shape index (κ2) is 8.42. The molecule has 1 aliphatic heterocycles. The first-order valence-corrected chi connectivity index (χ1v) is 7.92. The third-order valence-electron chi connectivity index (χ3n) is 4.46. The maximum atomic E-state index is 12.9. The van der Waals surface area contributed by atoms with Crippen LogP contribution in [0.5, 0.6) is 0 Å². The van der Waals surface area contributed by atoms with Gasteiger partial charge < -0.3 is 9.84 Å². The largest absolute Gasteiger partial charge is 0.396 e. The molecule has 0 bridgehead atoms. The Hall–Kier alpha value is -1.23. The summed E-state index contributed by atoms with van der Waals surface area (Å²) >= 11 is 0. The second-order valence-electron chi connectivity index (χ2n) is 6.19. The molecule has 1 aromatic rings. The van der Waals surface area contributed by atoms with E-state index in [0.717, 1.165) is 44.5 Å². The van der Waals surface area contributed by atoms with Gasteiger partial charge >= 0.3 is 0 Å². The summed E-state index contributed by atoms with van der Waals surface area (Å²) in [6, 6.07) is 6.50. The lowest BCUT2D eigenvalue weighted by Crippen LogP contribution is -2.45. The Morgan fingerprint density at radius 3 is 2.82 bits per heavy atom. The molecule has 0 aliphatic carbocycles. The van der Waals surface area contributed by atoms with Crippen LogP contribution in [-0.2, 0) is 4.74 Å². The van der Waals surface area contributed by atoms with E-state index in [4.69, 9.17) is 4.74 Å². The van der Waals surface area contributed by atoms with E-state index in [-0.39, 0.29) is 17.8 Å². The summed E-state index contributed by atoms with van der Waals surface area (Å²) < 4.78 is 18.0. The molecule has 3 nitrogen and oxygen atoms in total. The summed E-state index contributed by atoms with van der Waals surface area (Å²) in [7, 11) is 1.71. The molecule has 0 radical (unpaired) electrons. The van der Waals surface area contributed by atoms with Gasteiger partial charge in [-0.25, -0.2) is 4.39 Å². The molecule has 2 rings (SSSR count). The van der Waals surface area contributed by atoms with Crippen LogP contribution in [0.3, 0.4) is 0 Å². The van der Waals surface area contributed by atoms with Gasteiger partial charge in [0.05, 0.1) is 6.61 Å².